The summed E-state index contributed by atoms with van der Waals surface area (Å²) in [7, 11) is 1.98. The maximum atomic E-state index is 6.12. The molecule has 0 aliphatic heterocycles. The van der Waals surface area contributed by atoms with Crippen molar-refractivity contribution in [2.75, 3.05) is 13.6 Å². The lowest BCUT2D eigenvalue weighted by atomic mass is 9.91. The molecular weight excluding hydrogens is 184 g/mol. The zero-order chi connectivity index (χ0) is 11.5. The van der Waals surface area contributed by atoms with Crippen molar-refractivity contribution in [3.05, 3.63) is 0 Å². The Morgan fingerprint density at radius 3 is 2.27 bits per heavy atom. The van der Waals surface area contributed by atoms with Crippen LogP contribution in [0.3, 0.4) is 0 Å². The van der Waals surface area contributed by atoms with Gasteiger partial charge in [0, 0.05) is 12.6 Å². The van der Waals surface area contributed by atoms with Gasteiger partial charge in [-0.25, -0.2) is 0 Å². The number of hydrogen-bond acceptors (Lipinski definition) is 2. The predicted octanol–water partition coefficient (Wildman–Crippen LogP) is 2.92. The van der Waals surface area contributed by atoms with E-state index < -0.39 is 0 Å². The molecule has 2 nitrogen and oxygen atoms in total. The van der Waals surface area contributed by atoms with E-state index >= 15 is 0 Å². The number of unbranched alkanes of at least 4 members (excludes halogenated alkanes) is 4. The van der Waals surface area contributed by atoms with Crippen molar-refractivity contribution in [2.45, 2.75) is 64.8 Å². The number of likely N-dealkylation sites (N-methyl/N-ethyl adjacent to an activating group) is 1. The molecule has 15 heavy (non-hydrogen) atoms. The summed E-state index contributed by atoms with van der Waals surface area (Å²) in [5.41, 5.74) is 6.12. The number of nitrogens with two attached hydrogens (primary N) is 1. The zero-order valence-corrected chi connectivity index (χ0v) is 10.9. The number of hydrogen-bond donors (Lipinski definition) is 2. The Labute approximate surface area is 96.0 Å². The van der Waals surface area contributed by atoms with Gasteiger partial charge in [-0.05, 0) is 19.4 Å². The van der Waals surface area contributed by atoms with Crippen LogP contribution >= 0.6 is 0 Å². The van der Waals surface area contributed by atoms with E-state index in [-0.39, 0.29) is 0 Å². The Hall–Kier alpha value is -0.0800. The summed E-state index contributed by atoms with van der Waals surface area (Å²) < 4.78 is 0. The molecule has 0 aliphatic rings. The molecule has 2 heteroatoms. The van der Waals surface area contributed by atoms with Gasteiger partial charge in [-0.3, -0.25) is 0 Å². The Bertz CT molecular complexity index is 126. The average molecular weight is 214 g/mol. The monoisotopic (exact) mass is 214 g/mol. The quantitative estimate of drug-likeness (QED) is 0.549. The minimum Gasteiger partial charge on any atom is -0.326 e. The minimum atomic E-state index is 0.339. The molecule has 0 bridgehead atoms. The van der Waals surface area contributed by atoms with Gasteiger partial charge in [-0.2, -0.15) is 0 Å². The van der Waals surface area contributed by atoms with Gasteiger partial charge in [0.2, 0.25) is 0 Å². The molecule has 0 aromatic carbocycles. The summed E-state index contributed by atoms with van der Waals surface area (Å²) in [4.78, 5) is 0. The molecule has 0 amide bonds. The van der Waals surface area contributed by atoms with Gasteiger partial charge >= 0.3 is 0 Å². The molecule has 0 aromatic rings. The van der Waals surface area contributed by atoms with E-state index in [0.717, 1.165) is 6.54 Å². The number of rotatable bonds is 10. The van der Waals surface area contributed by atoms with Crippen LogP contribution in [0.1, 0.15) is 58.8 Å². The third-order valence-electron chi connectivity index (χ3n) is 3.25. The van der Waals surface area contributed by atoms with Gasteiger partial charge in [0.15, 0.2) is 0 Å². The average Bonchev–Trinajstić information content (AvgIpc) is 2.23. The normalized spacial score (nSPS) is 15.2. The summed E-state index contributed by atoms with van der Waals surface area (Å²) in [6, 6.07) is 0.339. The predicted molar refractivity (Wildman–Crippen MR) is 69.1 cm³/mol. The van der Waals surface area contributed by atoms with E-state index in [1.54, 1.807) is 0 Å². The fourth-order valence-electron chi connectivity index (χ4n) is 2.13. The molecule has 2 atom stereocenters. The Balaban J connectivity index is 3.51. The van der Waals surface area contributed by atoms with E-state index in [4.69, 9.17) is 5.73 Å². The second-order valence-electron chi connectivity index (χ2n) is 4.59. The summed E-state index contributed by atoms with van der Waals surface area (Å²) in [6.07, 6.45) is 9.39. The first kappa shape index (κ1) is 14.9. The van der Waals surface area contributed by atoms with Crippen LogP contribution in [0.15, 0.2) is 0 Å². The first-order valence-corrected chi connectivity index (χ1v) is 6.66. The smallest absolute Gasteiger partial charge is 0.0193 e. The Morgan fingerprint density at radius 1 is 1.07 bits per heavy atom. The van der Waals surface area contributed by atoms with E-state index in [0.29, 0.717) is 12.0 Å². The topological polar surface area (TPSA) is 38.0 Å². The second-order valence-corrected chi connectivity index (χ2v) is 4.59. The van der Waals surface area contributed by atoms with Crippen molar-refractivity contribution >= 4 is 0 Å². The lowest BCUT2D eigenvalue weighted by Gasteiger charge is -2.22. The molecule has 0 fully saturated rings. The molecule has 0 aliphatic carbocycles. The van der Waals surface area contributed by atoms with Crippen LogP contribution in [-0.4, -0.2) is 19.6 Å². The van der Waals surface area contributed by atoms with Gasteiger partial charge in [-0.15, -0.1) is 0 Å². The third-order valence-corrected chi connectivity index (χ3v) is 3.25. The molecule has 3 N–H and O–H groups in total. The fourth-order valence-corrected chi connectivity index (χ4v) is 2.13. The van der Waals surface area contributed by atoms with E-state index in [1.807, 2.05) is 7.05 Å². The van der Waals surface area contributed by atoms with Gasteiger partial charge < -0.3 is 11.1 Å². The second kappa shape index (κ2) is 10.4. The minimum absolute atomic E-state index is 0.339. The first-order valence-electron chi connectivity index (χ1n) is 6.66. The molecular formula is C13H30N2. The van der Waals surface area contributed by atoms with Crippen molar-refractivity contribution in [3.8, 4) is 0 Å². The highest BCUT2D eigenvalue weighted by atomic mass is 14.9. The molecule has 0 heterocycles. The van der Waals surface area contributed by atoms with Gasteiger partial charge in [-0.1, -0.05) is 52.4 Å². The lowest BCUT2D eigenvalue weighted by molar-refractivity contribution is 0.359. The molecule has 0 spiro atoms. The van der Waals surface area contributed by atoms with Crippen LogP contribution in [-0.2, 0) is 0 Å². The highest BCUT2D eigenvalue weighted by Gasteiger charge is 2.14. The van der Waals surface area contributed by atoms with E-state index in [9.17, 15) is 0 Å². The summed E-state index contributed by atoms with van der Waals surface area (Å²) >= 11 is 0. The van der Waals surface area contributed by atoms with E-state index in [1.165, 1.54) is 44.9 Å². The van der Waals surface area contributed by atoms with Crippen molar-refractivity contribution in [3.63, 3.8) is 0 Å². The van der Waals surface area contributed by atoms with Crippen LogP contribution in [0, 0.1) is 5.92 Å². The maximum absolute atomic E-state index is 6.12. The van der Waals surface area contributed by atoms with Crippen molar-refractivity contribution < 1.29 is 0 Å². The maximum Gasteiger partial charge on any atom is 0.0193 e. The summed E-state index contributed by atoms with van der Waals surface area (Å²) in [5.74, 6) is 0.707. The van der Waals surface area contributed by atoms with Crippen LogP contribution in [0.4, 0.5) is 0 Å². The molecule has 0 saturated heterocycles. The van der Waals surface area contributed by atoms with Gasteiger partial charge in [0.05, 0.1) is 0 Å². The standard InChI is InChI=1S/C13H30N2/c1-4-6-7-8-9-10-12(5-2)13(14)11-15-3/h12-13,15H,4-11,14H2,1-3H3. The number of nitrogens with one attached hydrogen (secondary N) is 1. The van der Waals surface area contributed by atoms with Gasteiger partial charge in [0.25, 0.3) is 0 Å². The molecule has 2 unspecified atom stereocenters. The van der Waals surface area contributed by atoms with Crippen molar-refractivity contribution in [2.24, 2.45) is 11.7 Å². The van der Waals surface area contributed by atoms with Crippen LogP contribution in [0.5, 0.6) is 0 Å². The van der Waals surface area contributed by atoms with Gasteiger partial charge in [0.1, 0.15) is 0 Å². The van der Waals surface area contributed by atoms with Crippen LogP contribution in [0.2, 0.25) is 0 Å². The highest BCUT2D eigenvalue weighted by Crippen LogP contribution is 2.17. The largest absolute Gasteiger partial charge is 0.326 e. The van der Waals surface area contributed by atoms with Crippen LogP contribution < -0.4 is 11.1 Å². The SMILES string of the molecule is CCCCCCCC(CC)C(N)CNC. The Morgan fingerprint density at radius 2 is 1.73 bits per heavy atom. The molecule has 0 rings (SSSR count). The molecule has 92 valence electrons. The fraction of sp³-hybridized carbons (Fsp3) is 1.00. The van der Waals surface area contributed by atoms with Crippen molar-refractivity contribution in [1.29, 1.82) is 0 Å². The lowest BCUT2D eigenvalue weighted by Crippen LogP contribution is -2.38. The van der Waals surface area contributed by atoms with Crippen molar-refractivity contribution in [1.82, 2.24) is 5.32 Å². The summed E-state index contributed by atoms with van der Waals surface area (Å²) in [5, 5.41) is 3.17. The Kier molecular flexibility index (Phi) is 10.4. The zero-order valence-electron chi connectivity index (χ0n) is 10.9. The van der Waals surface area contributed by atoms with E-state index in [2.05, 4.69) is 19.2 Å². The summed E-state index contributed by atoms with van der Waals surface area (Å²) in [6.45, 7) is 5.47. The first-order chi connectivity index (χ1) is 7.26. The van der Waals surface area contributed by atoms with Crippen LogP contribution in [0.25, 0.3) is 0 Å². The highest BCUT2D eigenvalue weighted by molar-refractivity contribution is 4.73. The molecule has 0 radical (unpaired) electrons. The third kappa shape index (κ3) is 7.80. The molecule has 0 aromatic heterocycles. The molecule has 0 saturated carbocycles.